The van der Waals surface area contributed by atoms with Crippen LogP contribution >= 0.6 is 0 Å². The summed E-state index contributed by atoms with van der Waals surface area (Å²) in [6, 6.07) is 0. The Balaban J connectivity index is 2.04. The van der Waals surface area contributed by atoms with Gasteiger partial charge in [-0.25, -0.2) is 0 Å². The van der Waals surface area contributed by atoms with Crippen LogP contribution in [0.25, 0.3) is 0 Å². The first-order chi connectivity index (χ1) is 9.08. The molecule has 2 rings (SSSR count). The lowest BCUT2D eigenvalue weighted by Crippen LogP contribution is -2.69. The van der Waals surface area contributed by atoms with Crippen molar-refractivity contribution in [1.29, 1.82) is 0 Å². The Bertz CT molecular complexity index is 309. The van der Waals surface area contributed by atoms with E-state index in [1.54, 1.807) is 0 Å². The van der Waals surface area contributed by atoms with Crippen molar-refractivity contribution in [2.24, 2.45) is 5.41 Å². The molecule has 110 valence electrons. The average molecular weight is 269 g/mol. The summed E-state index contributed by atoms with van der Waals surface area (Å²) in [5.74, 6) is -0.655. The highest BCUT2D eigenvalue weighted by Gasteiger charge is 2.54. The van der Waals surface area contributed by atoms with Crippen molar-refractivity contribution in [3.8, 4) is 0 Å². The van der Waals surface area contributed by atoms with E-state index in [2.05, 4.69) is 18.7 Å². The van der Waals surface area contributed by atoms with Gasteiger partial charge in [0, 0.05) is 26.3 Å². The fourth-order valence-corrected chi connectivity index (χ4v) is 3.94. The first-order valence-electron chi connectivity index (χ1n) is 7.65. The minimum atomic E-state index is -0.655. The Labute approximate surface area is 116 Å². The van der Waals surface area contributed by atoms with E-state index in [1.165, 1.54) is 25.7 Å². The maximum Gasteiger partial charge on any atom is 0.324 e. The van der Waals surface area contributed by atoms with Gasteiger partial charge in [0.1, 0.15) is 5.54 Å². The Kier molecular flexibility index (Phi) is 4.51. The molecular weight excluding hydrogens is 242 g/mol. The van der Waals surface area contributed by atoms with Gasteiger partial charge in [-0.05, 0) is 31.1 Å². The van der Waals surface area contributed by atoms with Crippen molar-refractivity contribution in [2.45, 2.75) is 57.9 Å². The van der Waals surface area contributed by atoms with Crippen molar-refractivity contribution < 1.29 is 14.6 Å². The van der Waals surface area contributed by atoms with Gasteiger partial charge in [0.25, 0.3) is 0 Å². The standard InChI is InChI=1S/C15H27NO3/c1-3-5-14(6-4-2)11-16(12-14)15(13(17)18)7-9-19-10-8-15/h3-12H2,1-2H3,(H,17,18). The van der Waals surface area contributed by atoms with E-state index in [4.69, 9.17) is 4.74 Å². The molecule has 4 heteroatoms. The number of nitrogens with zero attached hydrogens (tertiary/aromatic N) is 1. The van der Waals surface area contributed by atoms with E-state index in [0.717, 1.165) is 13.1 Å². The van der Waals surface area contributed by atoms with Crippen LogP contribution in [0.2, 0.25) is 0 Å². The van der Waals surface area contributed by atoms with Gasteiger partial charge < -0.3 is 9.84 Å². The van der Waals surface area contributed by atoms with Gasteiger partial charge in [0.15, 0.2) is 0 Å². The Morgan fingerprint density at radius 3 is 2.11 bits per heavy atom. The second kappa shape index (κ2) is 5.80. The lowest BCUT2D eigenvalue weighted by atomic mass is 9.69. The second-order valence-corrected chi connectivity index (χ2v) is 6.31. The van der Waals surface area contributed by atoms with Gasteiger partial charge in [-0.3, -0.25) is 9.69 Å². The zero-order chi connectivity index (χ0) is 13.9. The zero-order valence-corrected chi connectivity index (χ0v) is 12.3. The van der Waals surface area contributed by atoms with Gasteiger partial charge in [-0.15, -0.1) is 0 Å². The fourth-order valence-electron chi connectivity index (χ4n) is 3.94. The summed E-state index contributed by atoms with van der Waals surface area (Å²) in [5, 5.41) is 9.66. The topological polar surface area (TPSA) is 49.8 Å². The molecule has 2 saturated heterocycles. The molecule has 0 spiro atoms. The lowest BCUT2D eigenvalue weighted by Gasteiger charge is -2.58. The maximum absolute atomic E-state index is 11.7. The molecule has 2 fully saturated rings. The van der Waals surface area contributed by atoms with E-state index < -0.39 is 11.5 Å². The van der Waals surface area contributed by atoms with Crippen LogP contribution in [0.4, 0.5) is 0 Å². The highest BCUT2D eigenvalue weighted by Crippen LogP contribution is 2.45. The smallest absolute Gasteiger partial charge is 0.324 e. The normalized spacial score (nSPS) is 25.8. The van der Waals surface area contributed by atoms with Crippen LogP contribution in [0.15, 0.2) is 0 Å². The average Bonchev–Trinajstić information content (AvgIpc) is 2.36. The van der Waals surface area contributed by atoms with E-state index >= 15 is 0 Å². The largest absolute Gasteiger partial charge is 0.480 e. The molecule has 0 aromatic heterocycles. The van der Waals surface area contributed by atoms with Crippen molar-refractivity contribution in [3.05, 3.63) is 0 Å². The third kappa shape index (κ3) is 2.65. The van der Waals surface area contributed by atoms with Crippen molar-refractivity contribution in [2.75, 3.05) is 26.3 Å². The van der Waals surface area contributed by atoms with Gasteiger partial charge in [0.05, 0.1) is 0 Å². The highest BCUT2D eigenvalue weighted by molar-refractivity contribution is 5.79. The first kappa shape index (κ1) is 14.8. The lowest BCUT2D eigenvalue weighted by molar-refractivity contribution is -0.176. The summed E-state index contributed by atoms with van der Waals surface area (Å²) in [5.41, 5.74) is -0.270. The molecule has 0 aliphatic carbocycles. The van der Waals surface area contributed by atoms with Gasteiger partial charge in [-0.1, -0.05) is 26.7 Å². The Morgan fingerprint density at radius 2 is 1.68 bits per heavy atom. The summed E-state index contributed by atoms with van der Waals surface area (Å²) >= 11 is 0. The molecule has 0 bridgehead atoms. The number of carboxylic acids is 1. The molecule has 0 radical (unpaired) electrons. The molecule has 0 aromatic carbocycles. The molecular formula is C15H27NO3. The Morgan fingerprint density at radius 1 is 1.16 bits per heavy atom. The monoisotopic (exact) mass is 269 g/mol. The number of aliphatic carboxylic acids is 1. The highest BCUT2D eigenvalue weighted by atomic mass is 16.5. The van der Waals surface area contributed by atoms with Gasteiger partial charge >= 0.3 is 5.97 Å². The molecule has 4 nitrogen and oxygen atoms in total. The van der Waals surface area contributed by atoms with E-state index in [1.807, 2.05) is 0 Å². The predicted octanol–water partition coefficient (Wildman–Crippen LogP) is 2.52. The van der Waals surface area contributed by atoms with Gasteiger partial charge in [0.2, 0.25) is 0 Å². The van der Waals surface area contributed by atoms with Crippen LogP contribution in [0.5, 0.6) is 0 Å². The number of hydrogen-bond donors (Lipinski definition) is 1. The summed E-state index contributed by atoms with van der Waals surface area (Å²) in [6.07, 6.45) is 6.11. The predicted molar refractivity (Wildman–Crippen MR) is 74.2 cm³/mol. The molecule has 2 aliphatic rings. The number of likely N-dealkylation sites (tertiary alicyclic amines) is 1. The molecule has 2 heterocycles. The minimum absolute atomic E-state index is 0.379. The van der Waals surface area contributed by atoms with E-state index in [9.17, 15) is 9.90 Å². The fraction of sp³-hybridized carbons (Fsp3) is 0.933. The summed E-state index contributed by atoms with van der Waals surface area (Å²) in [6.45, 7) is 7.53. The number of carboxylic acid groups (broad SMARTS) is 1. The zero-order valence-electron chi connectivity index (χ0n) is 12.3. The molecule has 19 heavy (non-hydrogen) atoms. The molecule has 0 atom stereocenters. The summed E-state index contributed by atoms with van der Waals surface area (Å²) in [7, 11) is 0. The van der Waals surface area contributed by atoms with Crippen LogP contribution < -0.4 is 0 Å². The van der Waals surface area contributed by atoms with Crippen LogP contribution in [0.1, 0.15) is 52.4 Å². The third-order valence-corrected chi connectivity index (χ3v) is 4.94. The number of ether oxygens (including phenoxy) is 1. The van der Waals surface area contributed by atoms with Crippen LogP contribution in [-0.4, -0.2) is 47.8 Å². The van der Waals surface area contributed by atoms with Crippen LogP contribution in [0, 0.1) is 5.41 Å². The summed E-state index contributed by atoms with van der Waals surface area (Å²) < 4.78 is 5.35. The van der Waals surface area contributed by atoms with E-state index in [0.29, 0.717) is 31.5 Å². The molecule has 1 N–H and O–H groups in total. The third-order valence-electron chi connectivity index (χ3n) is 4.94. The van der Waals surface area contributed by atoms with Crippen molar-refractivity contribution >= 4 is 5.97 Å². The molecule has 0 aromatic rings. The quantitative estimate of drug-likeness (QED) is 0.805. The van der Waals surface area contributed by atoms with Gasteiger partial charge in [-0.2, -0.15) is 0 Å². The van der Waals surface area contributed by atoms with Crippen molar-refractivity contribution in [3.63, 3.8) is 0 Å². The molecule has 0 amide bonds. The number of hydrogen-bond acceptors (Lipinski definition) is 3. The SMILES string of the molecule is CCCC1(CCC)CN(C2(C(=O)O)CCOCC2)C1. The minimum Gasteiger partial charge on any atom is -0.480 e. The number of carbonyl (C=O) groups is 1. The summed E-state index contributed by atoms with van der Waals surface area (Å²) in [4.78, 5) is 14.0. The number of rotatable bonds is 6. The second-order valence-electron chi connectivity index (χ2n) is 6.31. The van der Waals surface area contributed by atoms with Crippen molar-refractivity contribution in [1.82, 2.24) is 4.90 Å². The maximum atomic E-state index is 11.7. The van der Waals surface area contributed by atoms with Crippen LogP contribution in [0.3, 0.4) is 0 Å². The molecule has 2 aliphatic heterocycles. The van der Waals surface area contributed by atoms with Crippen LogP contribution in [-0.2, 0) is 9.53 Å². The first-order valence-corrected chi connectivity index (χ1v) is 7.65. The molecule has 0 saturated carbocycles. The van der Waals surface area contributed by atoms with E-state index in [-0.39, 0.29) is 0 Å². The molecule has 0 unspecified atom stereocenters. The Hall–Kier alpha value is -0.610.